The van der Waals surface area contributed by atoms with Crippen LogP contribution in [0.4, 0.5) is 5.69 Å². The summed E-state index contributed by atoms with van der Waals surface area (Å²) < 4.78 is 9.03. The molecule has 1 N–H and O–H groups in total. The predicted octanol–water partition coefficient (Wildman–Crippen LogP) is 1.53. The van der Waals surface area contributed by atoms with Crippen molar-refractivity contribution in [2.45, 2.75) is 6.92 Å². The number of anilines is 1. The van der Waals surface area contributed by atoms with E-state index in [0.29, 0.717) is 11.3 Å². The van der Waals surface area contributed by atoms with Crippen LogP contribution in [0.15, 0.2) is 36.0 Å². The molecule has 0 heterocycles. The smallest absolute Gasteiger partial charge is 0.354 e. The summed E-state index contributed by atoms with van der Waals surface area (Å²) in [6.45, 7) is 1.41. The highest BCUT2D eigenvalue weighted by molar-refractivity contribution is 6.03. The van der Waals surface area contributed by atoms with E-state index in [2.05, 4.69) is 14.8 Å². The fourth-order valence-electron chi connectivity index (χ4n) is 1.48. The Hall–Kier alpha value is -2.63. The van der Waals surface area contributed by atoms with E-state index < -0.39 is 11.9 Å². The van der Waals surface area contributed by atoms with Crippen LogP contribution in [0.1, 0.15) is 17.3 Å². The zero-order valence-electron chi connectivity index (χ0n) is 11.4. The summed E-state index contributed by atoms with van der Waals surface area (Å²) in [4.78, 5) is 34.3. The molecule has 0 aromatic heterocycles. The van der Waals surface area contributed by atoms with Gasteiger partial charge in [-0.15, -0.1) is 0 Å². The highest BCUT2D eigenvalue weighted by Gasteiger charge is 2.15. The number of ketones is 1. The molecule has 0 amide bonds. The largest absolute Gasteiger partial charge is 0.466 e. The lowest BCUT2D eigenvalue weighted by Crippen LogP contribution is -2.16. The highest BCUT2D eigenvalue weighted by Crippen LogP contribution is 2.18. The molecular weight excluding hydrogens is 262 g/mol. The molecular formula is C14H15NO5. The van der Waals surface area contributed by atoms with Gasteiger partial charge in [-0.2, -0.15) is 0 Å². The molecule has 1 rings (SSSR count). The number of methoxy groups -OCH3 is 2. The third kappa shape index (κ3) is 3.94. The Bertz CT molecular complexity index is 562. The average molecular weight is 277 g/mol. The van der Waals surface area contributed by atoms with Gasteiger partial charge >= 0.3 is 11.9 Å². The van der Waals surface area contributed by atoms with Gasteiger partial charge in [0.05, 0.1) is 20.3 Å². The van der Waals surface area contributed by atoms with Gasteiger partial charge in [-0.05, 0) is 19.1 Å². The normalized spacial score (nSPS) is 10.7. The Morgan fingerprint density at radius 3 is 2.30 bits per heavy atom. The van der Waals surface area contributed by atoms with Crippen molar-refractivity contribution in [2.24, 2.45) is 0 Å². The summed E-state index contributed by atoms with van der Waals surface area (Å²) in [6.07, 6.45) is 0.961. The number of esters is 2. The Morgan fingerprint density at radius 1 is 1.10 bits per heavy atom. The number of hydrogen-bond donors (Lipinski definition) is 1. The zero-order chi connectivity index (χ0) is 15.1. The maximum absolute atomic E-state index is 11.6. The number of ether oxygens (including phenoxy) is 2. The van der Waals surface area contributed by atoms with Gasteiger partial charge in [0.1, 0.15) is 5.70 Å². The van der Waals surface area contributed by atoms with Crippen molar-refractivity contribution in [3.63, 3.8) is 0 Å². The van der Waals surface area contributed by atoms with E-state index in [9.17, 15) is 14.4 Å². The van der Waals surface area contributed by atoms with Crippen molar-refractivity contribution in [1.82, 2.24) is 0 Å². The fourth-order valence-corrected chi connectivity index (χ4v) is 1.48. The van der Waals surface area contributed by atoms with Gasteiger partial charge in [0.2, 0.25) is 0 Å². The Kier molecular flexibility index (Phi) is 5.46. The topological polar surface area (TPSA) is 81.7 Å². The van der Waals surface area contributed by atoms with Gasteiger partial charge in [0, 0.05) is 11.3 Å². The van der Waals surface area contributed by atoms with E-state index in [0.717, 1.165) is 6.08 Å². The molecule has 1 aromatic carbocycles. The van der Waals surface area contributed by atoms with Gasteiger partial charge in [-0.3, -0.25) is 4.79 Å². The van der Waals surface area contributed by atoms with Crippen molar-refractivity contribution >= 4 is 23.4 Å². The summed E-state index contributed by atoms with van der Waals surface area (Å²) in [5, 5.41) is 2.71. The number of Topliss-reactive ketones (excluding diaryl/α,β-unsaturated/α-hetero) is 1. The van der Waals surface area contributed by atoms with E-state index in [1.807, 2.05) is 0 Å². The quantitative estimate of drug-likeness (QED) is 0.499. The first-order chi connectivity index (χ1) is 9.49. The molecule has 0 radical (unpaired) electrons. The SMILES string of the molecule is COC(=O)/C=C(\Nc1ccccc1C(C)=O)C(=O)OC. The molecule has 106 valence electrons. The van der Waals surface area contributed by atoms with Crippen molar-refractivity contribution in [3.05, 3.63) is 41.6 Å². The molecule has 0 fully saturated rings. The summed E-state index contributed by atoms with van der Waals surface area (Å²) in [5.74, 6) is -1.62. The summed E-state index contributed by atoms with van der Waals surface area (Å²) >= 11 is 0. The number of carbonyl (C=O) groups excluding carboxylic acids is 3. The molecule has 0 unspecified atom stereocenters. The monoisotopic (exact) mass is 277 g/mol. The average Bonchev–Trinajstić information content (AvgIpc) is 2.45. The highest BCUT2D eigenvalue weighted by atomic mass is 16.5. The molecule has 0 aliphatic carbocycles. The number of benzene rings is 1. The zero-order valence-corrected chi connectivity index (χ0v) is 11.4. The van der Waals surface area contributed by atoms with Crippen LogP contribution in [0.25, 0.3) is 0 Å². The molecule has 0 saturated carbocycles. The lowest BCUT2D eigenvalue weighted by atomic mass is 10.1. The second-order valence-electron chi connectivity index (χ2n) is 3.80. The molecule has 0 aliphatic heterocycles. The second-order valence-corrected chi connectivity index (χ2v) is 3.80. The minimum Gasteiger partial charge on any atom is -0.466 e. The molecule has 20 heavy (non-hydrogen) atoms. The molecule has 0 spiro atoms. The maximum Gasteiger partial charge on any atom is 0.354 e. The minimum atomic E-state index is -0.742. The van der Waals surface area contributed by atoms with Gasteiger partial charge in [0.15, 0.2) is 5.78 Å². The van der Waals surface area contributed by atoms with Crippen molar-refractivity contribution in [2.75, 3.05) is 19.5 Å². The summed E-state index contributed by atoms with van der Waals surface area (Å²) in [6, 6.07) is 6.62. The van der Waals surface area contributed by atoms with Crippen molar-refractivity contribution < 1.29 is 23.9 Å². The molecule has 0 bridgehead atoms. The maximum atomic E-state index is 11.6. The van der Waals surface area contributed by atoms with Crippen LogP contribution < -0.4 is 5.32 Å². The third-order valence-corrected chi connectivity index (χ3v) is 2.44. The number of carbonyl (C=O) groups is 3. The van der Waals surface area contributed by atoms with Gasteiger partial charge < -0.3 is 14.8 Å². The third-order valence-electron chi connectivity index (χ3n) is 2.44. The lowest BCUT2D eigenvalue weighted by molar-refractivity contribution is -0.138. The Labute approximate surface area is 116 Å². The van der Waals surface area contributed by atoms with Crippen LogP contribution in [0.3, 0.4) is 0 Å². The van der Waals surface area contributed by atoms with Crippen LogP contribution >= 0.6 is 0 Å². The number of nitrogens with one attached hydrogen (secondary N) is 1. The molecule has 6 nitrogen and oxygen atoms in total. The standard InChI is InChI=1S/C14H15NO5/c1-9(16)10-6-4-5-7-11(10)15-12(14(18)20-3)8-13(17)19-2/h4-8,15H,1-3H3/b12-8-. The first kappa shape index (κ1) is 15.4. The molecule has 6 heteroatoms. The van der Waals surface area contributed by atoms with Crippen LogP contribution in [-0.2, 0) is 19.1 Å². The van der Waals surface area contributed by atoms with E-state index in [-0.39, 0.29) is 11.5 Å². The van der Waals surface area contributed by atoms with Gasteiger partial charge in [-0.25, -0.2) is 9.59 Å². The van der Waals surface area contributed by atoms with E-state index >= 15 is 0 Å². The molecule has 0 atom stereocenters. The predicted molar refractivity (Wildman–Crippen MR) is 72.2 cm³/mol. The van der Waals surface area contributed by atoms with Crippen LogP contribution in [0, 0.1) is 0 Å². The first-order valence-electron chi connectivity index (χ1n) is 5.74. The number of hydrogen-bond acceptors (Lipinski definition) is 6. The van der Waals surface area contributed by atoms with Gasteiger partial charge in [-0.1, -0.05) is 12.1 Å². The summed E-state index contributed by atoms with van der Waals surface area (Å²) in [7, 11) is 2.38. The lowest BCUT2D eigenvalue weighted by Gasteiger charge is -2.11. The van der Waals surface area contributed by atoms with Crippen molar-refractivity contribution in [1.29, 1.82) is 0 Å². The van der Waals surface area contributed by atoms with E-state index in [4.69, 9.17) is 0 Å². The first-order valence-corrected chi connectivity index (χ1v) is 5.74. The Balaban J connectivity index is 3.14. The van der Waals surface area contributed by atoms with Crippen LogP contribution in [0.5, 0.6) is 0 Å². The van der Waals surface area contributed by atoms with E-state index in [1.165, 1.54) is 21.1 Å². The second kappa shape index (κ2) is 7.08. The minimum absolute atomic E-state index is 0.118. The molecule has 0 saturated heterocycles. The van der Waals surface area contributed by atoms with Crippen molar-refractivity contribution in [3.8, 4) is 0 Å². The van der Waals surface area contributed by atoms with Crippen LogP contribution in [-0.4, -0.2) is 31.9 Å². The summed E-state index contributed by atoms with van der Waals surface area (Å²) in [5.41, 5.74) is 0.681. The number of para-hydroxylation sites is 1. The molecule has 0 aliphatic rings. The van der Waals surface area contributed by atoms with Gasteiger partial charge in [0.25, 0.3) is 0 Å². The molecule has 1 aromatic rings. The Morgan fingerprint density at radius 2 is 1.75 bits per heavy atom. The fraction of sp³-hybridized carbons (Fsp3) is 0.214. The number of rotatable bonds is 5. The van der Waals surface area contributed by atoms with Crippen LogP contribution in [0.2, 0.25) is 0 Å². The van der Waals surface area contributed by atoms with E-state index in [1.54, 1.807) is 24.3 Å².